The lowest BCUT2D eigenvalue weighted by Crippen LogP contribution is -2.48. The number of hydrogen-bond donors (Lipinski definition) is 2. The molecule has 4 aliphatic rings. The van der Waals surface area contributed by atoms with Crippen molar-refractivity contribution in [3.8, 4) is 0 Å². The van der Waals surface area contributed by atoms with Crippen LogP contribution in [0.25, 0.3) is 6.08 Å². The van der Waals surface area contributed by atoms with E-state index in [0.29, 0.717) is 17.0 Å². The van der Waals surface area contributed by atoms with Crippen LogP contribution in [-0.2, 0) is 10.2 Å². The number of carboxylic acids is 1. The smallest absolute Gasteiger partial charge is 0.328 e. The van der Waals surface area contributed by atoms with Gasteiger partial charge in [-0.1, -0.05) is 12.1 Å². The zero-order chi connectivity index (χ0) is 20.0. The number of hydrogen-bond acceptors (Lipinski definition) is 3. The van der Waals surface area contributed by atoms with Gasteiger partial charge in [0.25, 0.3) is 5.91 Å². The molecule has 0 atom stereocenters. The van der Waals surface area contributed by atoms with E-state index in [2.05, 4.69) is 5.32 Å². The van der Waals surface area contributed by atoms with Crippen molar-refractivity contribution in [2.75, 3.05) is 5.32 Å². The molecule has 5 heteroatoms. The number of anilines is 1. The van der Waals surface area contributed by atoms with Crippen molar-refractivity contribution < 1.29 is 19.1 Å². The Labute approximate surface area is 169 Å². The number of carbonyl (C=O) groups is 2. The summed E-state index contributed by atoms with van der Waals surface area (Å²) in [5.41, 5.74) is 1.45. The molecule has 29 heavy (non-hydrogen) atoms. The highest BCUT2D eigenvalue weighted by molar-refractivity contribution is 6.02. The topological polar surface area (TPSA) is 79.5 Å². The molecular formula is C24H25NO4. The first-order valence-corrected chi connectivity index (χ1v) is 10.4. The first-order valence-electron chi connectivity index (χ1n) is 10.4. The number of rotatable bonds is 5. The molecule has 0 saturated heterocycles. The van der Waals surface area contributed by atoms with Gasteiger partial charge < -0.3 is 14.8 Å². The second-order valence-corrected chi connectivity index (χ2v) is 9.11. The highest BCUT2D eigenvalue weighted by Gasteiger charge is 2.53. The summed E-state index contributed by atoms with van der Waals surface area (Å²) in [6.45, 7) is 0. The van der Waals surface area contributed by atoms with E-state index in [1.165, 1.54) is 44.6 Å². The highest BCUT2D eigenvalue weighted by Crippen LogP contribution is 2.60. The Kier molecular flexibility index (Phi) is 4.34. The molecule has 1 heterocycles. The van der Waals surface area contributed by atoms with E-state index < -0.39 is 5.97 Å². The van der Waals surface area contributed by atoms with Crippen molar-refractivity contribution in [2.24, 2.45) is 17.8 Å². The second kappa shape index (κ2) is 6.90. The van der Waals surface area contributed by atoms with Gasteiger partial charge in [-0.15, -0.1) is 0 Å². The molecule has 4 fully saturated rings. The Hall–Kier alpha value is -2.82. The number of nitrogens with one attached hydrogen (secondary N) is 1. The van der Waals surface area contributed by atoms with Crippen LogP contribution >= 0.6 is 0 Å². The molecule has 4 bridgehead atoms. The largest absolute Gasteiger partial charge is 0.478 e. The van der Waals surface area contributed by atoms with Gasteiger partial charge in [-0.05, 0) is 92.2 Å². The van der Waals surface area contributed by atoms with Crippen LogP contribution < -0.4 is 5.32 Å². The summed E-state index contributed by atoms with van der Waals surface area (Å²) >= 11 is 0. The van der Waals surface area contributed by atoms with Crippen molar-refractivity contribution in [1.29, 1.82) is 0 Å². The monoisotopic (exact) mass is 391 g/mol. The van der Waals surface area contributed by atoms with E-state index in [9.17, 15) is 9.59 Å². The number of carbonyl (C=O) groups excluding carboxylic acids is 1. The summed E-state index contributed by atoms with van der Waals surface area (Å²) in [4.78, 5) is 23.4. The molecule has 2 N–H and O–H groups in total. The molecule has 2 aromatic rings. The lowest BCUT2D eigenvalue weighted by Gasteiger charge is -2.55. The summed E-state index contributed by atoms with van der Waals surface area (Å²) in [6, 6.07) is 10.9. The second-order valence-electron chi connectivity index (χ2n) is 9.11. The Balaban J connectivity index is 1.32. The van der Waals surface area contributed by atoms with Gasteiger partial charge in [0.05, 0.1) is 0 Å². The van der Waals surface area contributed by atoms with Crippen LogP contribution in [0, 0.1) is 17.8 Å². The number of furan rings is 1. The zero-order valence-electron chi connectivity index (χ0n) is 16.3. The minimum Gasteiger partial charge on any atom is -0.478 e. The fourth-order valence-corrected chi connectivity index (χ4v) is 6.24. The van der Waals surface area contributed by atoms with Gasteiger partial charge in [0.1, 0.15) is 5.76 Å². The maximum absolute atomic E-state index is 12.7. The van der Waals surface area contributed by atoms with E-state index in [-0.39, 0.29) is 11.3 Å². The summed E-state index contributed by atoms with van der Waals surface area (Å²) in [5.74, 6) is 2.51. The maximum Gasteiger partial charge on any atom is 0.328 e. The molecule has 0 aliphatic heterocycles. The summed E-state index contributed by atoms with van der Waals surface area (Å²) in [6.07, 6.45) is 10.3. The molecule has 1 aromatic heterocycles. The van der Waals surface area contributed by atoms with Crippen molar-refractivity contribution in [3.05, 3.63) is 59.6 Å². The number of carboxylic acid groups (broad SMARTS) is 1. The van der Waals surface area contributed by atoms with E-state index in [1.807, 2.05) is 6.07 Å². The quantitative estimate of drug-likeness (QED) is 0.695. The van der Waals surface area contributed by atoms with E-state index in [1.54, 1.807) is 30.3 Å². The molecular weight excluding hydrogens is 366 g/mol. The lowest BCUT2D eigenvalue weighted by atomic mass is 9.49. The third-order valence-electron chi connectivity index (χ3n) is 6.95. The van der Waals surface area contributed by atoms with Gasteiger partial charge in [-0.25, -0.2) is 4.79 Å². The van der Waals surface area contributed by atoms with Crippen molar-refractivity contribution in [2.45, 2.75) is 43.9 Å². The third kappa shape index (κ3) is 3.50. The van der Waals surface area contributed by atoms with E-state index in [0.717, 1.165) is 29.6 Å². The lowest BCUT2D eigenvalue weighted by molar-refractivity contribution is -0.131. The van der Waals surface area contributed by atoms with Gasteiger partial charge in [-0.2, -0.15) is 0 Å². The number of aliphatic carboxylic acids is 1. The molecule has 5 nitrogen and oxygen atoms in total. The minimum absolute atomic E-state index is 0.134. The van der Waals surface area contributed by atoms with Gasteiger partial charge >= 0.3 is 5.97 Å². The Morgan fingerprint density at radius 1 is 1.03 bits per heavy atom. The van der Waals surface area contributed by atoms with Gasteiger partial charge in [0.15, 0.2) is 5.76 Å². The Morgan fingerprint density at radius 2 is 1.72 bits per heavy atom. The third-order valence-corrected chi connectivity index (χ3v) is 6.95. The zero-order valence-corrected chi connectivity index (χ0v) is 16.3. The predicted octanol–water partition coefficient (Wildman–Crippen LogP) is 5.10. The molecule has 1 amide bonds. The van der Waals surface area contributed by atoms with Crippen LogP contribution in [0.5, 0.6) is 0 Å². The minimum atomic E-state index is -1.01. The van der Waals surface area contributed by atoms with Crippen LogP contribution in [-0.4, -0.2) is 17.0 Å². The highest BCUT2D eigenvalue weighted by atomic mass is 16.4. The molecule has 4 saturated carbocycles. The average Bonchev–Trinajstić information content (AvgIpc) is 3.17. The standard InChI is InChI=1S/C24H25NO4/c26-22(27)7-4-15-2-1-3-19(11-15)25-23(28)20-5-6-21(29-20)24-12-16-8-17(13-24)10-18(9-16)14-24/h1-7,11,16-18H,8-10,12-14H2,(H,25,28)(H,26,27). The van der Waals surface area contributed by atoms with Crippen molar-refractivity contribution in [3.63, 3.8) is 0 Å². The molecule has 150 valence electrons. The SMILES string of the molecule is O=C(O)C=Cc1cccc(NC(=O)c2ccc(C34CC5CC(CC(C5)C3)C4)o2)c1. The summed E-state index contributed by atoms with van der Waals surface area (Å²) in [7, 11) is 0. The molecule has 0 spiro atoms. The van der Waals surface area contributed by atoms with Crippen molar-refractivity contribution >= 4 is 23.6 Å². The summed E-state index contributed by atoms with van der Waals surface area (Å²) < 4.78 is 6.11. The van der Waals surface area contributed by atoms with Crippen LogP contribution in [0.4, 0.5) is 5.69 Å². The number of benzene rings is 1. The van der Waals surface area contributed by atoms with E-state index >= 15 is 0 Å². The first kappa shape index (κ1) is 18.2. The van der Waals surface area contributed by atoms with Crippen LogP contribution in [0.2, 0.25) is 0 Å². The normalized spacial score (nSPS) is 30.0. The van der Waals surface area contributed by atoms with Gasteiger partial charge in [-0.3, -0.25) is 4.79 Å². The fourth-order valence-electron chi connectivity index (χ4n) is 6.24. The van der Waals surface area contributed by atoms with E-state index in [4.69, 9.17) is 9.52 Å². The fraction of sp³-hybridized carbons (Fsp3) is 0.417. The number of amides is 1. The van der Waals surface area contributed by atoms with Gasteiger partial charge in [0, 0.05) is 17.2 Å². The first-order chi connectivity index (χ1) is 14.0. The average molecular weight is 391 g/mol. The molecule has 4 aliphatic carbocycles. The molecule has 6 rings (SSSR count). The molecule has 0 unspecified atom stereocenters. The van der Waals surface area contributed by atoms with Crippen molar-refractivity contribution in [1.82, 2.24) is 0 Å². The molecule has 1 aromatic carbocycles. The van der Waals surface area contributed by atoms with Crippen LogP contribution in [0.15, 0.2) is 46.9 Å². The summed E-state index contributed by atoms with van der Waals surface area (Å²) in [5, 5.41) is 11.6. The van der Waals surface area contributed by atoms with Gasteiger partial charge in [0.2, 0.25) is 0 Å². The predicted molar refractivity (Wildman–Crippen MR) is 110 cm³/mol. The maximum atomic E-state index is 12.7. The van der Waals surface area contributed by atoms with Crippen LogP contribution in [0.3, 0.4) is 0 Å². The Morgan fingerprint density at radius 3 is 2.38 bits per heavy atom. The molecule has 0 radical (unpaired) electrons. The van der Waals surface area contributed by atoms with Crippen LogP contribution in [0.1, 0.15) is 60.4 Å². The Bertz CT molecular complexity index is 951.